The van der Waals surface area contributed by atoms with Crippen LogP contribution in [-0.4, -0.2) is 67.1 Å². The molecule has 2 atom stereocenters. The molecule has 0 spiro atoms. The highest BCUT2D eigenvalue weighted by atomic mass is 19.1. The van der Waals surface area contributed by atoms with Crippen LogP contribution >= 0.6 is 0 Å². The number of nitrogens with zero attached hydrogens (tertiary/aromatic N) is 3. The topological polar surface area (TPSA) is 145 Å². The largest absolute Gasteiger partial charge is 0.465 e. The van der Waals surface area contributed by atoms with Gasteiger partial charge in [-0.05, 0) is 24.3 Å². The fraction of sp³-hybridized carbons (Fsp3) is 0.375. The summed E-state index contributed by atoms with van der Waals surface area (Å²) in [6.07, 6.45) is 1.19. The Kier molecular flexibility index (Phi) is 7.74. The highest BCUT2D eigenvalue weighted by molar-refractivity contribution is 5.99. The van der Waals surface area contributed by atoms with Crippen LogP contribution < -0.4 is 16.0 Å². The van der Waals surface area contributed by atoms with Gasteiger partial charge >= 0.3 is 12.1 Å². The Morgan fingerprint density at radius 2 is 2.11 bits per heavy atom. The van der Waals surface area contributed by atoms with Crippen LogP contribution in [0.4, 0.5) is 14.9 Å². The number of esters is 1. The second kappa shape index (κ2) is 11.1. The van der Waals surface area contributed by atoms with E-state index in [9.17, 15) is 18.8 Å². The van der Waals surface area contributed by atoms with Crippen LogP contribution in [0.15, 0.2) is 41.7 Å². The Morgan fingerprint density at radius 3 is 2.81 bits per heavy atom. The zero-order valence-corrected chi connectivity index (χ0v) is 19.6. The molecule has 3 heterocycles. The monoisotopic (exact) mass is 499 g/mol. The molecule has 3 N–H and O–H groups in total. The minimum Gasteiger partial charge on any atom is -0.465 e. The third kappa shape index (κ3) is 5.95. The van der Waals surface area contributed by atoms with E-state index >= 15 is 0 Å². The van der Waals surface area contributed by atoms with Crippen LogP contribution in [-0.2, 0) is 23.9 Å². The minimum atomic E-state index is -0.598. The second-order valence-electron chi connectivity index (χ2n) is 8.33. The number of halogens is 1. The second-order valence-corrected chi connectivity index (χ2v) is 8.33. The van der Waals surface area contributed by atoms with Gasteiger partial charge in [0.1, 0.15) is 23.7 Å². The summed E-state index contributed by atoms with van der Waals surface area (Å²) < 4.78 is 25.2. The first kappa shape index (κ1) is 25.0. The van der Waals surface area contributed by atoms with Crippen LogP contribution in [0.25, 0.3) is 11.1 Å². The Bertz CT molecular complexity index is 1170. The molecule has 1 aromatic carbocycles. The Morgan fingerprint density at radius 1 is 1.28 bits per heavy atom. The zero-order valence-electron chi connectivity index (χ0n) is 19.6. The van der Waals surface area contributed by atoms with Crippen molar-refractivity contribution in [3.8, 4) is 11.1 Å². The van der Waals surface area contributed by atoms with Crippen LogP contribution in [0.3, 0.4) is 0 Å². The molecule has 2 aromatic rings. The van der Waals surface area contributed by atoms with Gasteiger partial charge < -0.3 is 25.4 Å². The number of hydrogen-bond acceptors (Lipinski definition) is 9. The standard InChI is InChI=1S/C24H26FN5O6/c1-14(31)27-12-18-13-30(24(33)35-18)16-3-4-19(20(25)8-16)15-2-5-21(28-11-15)22-9-17(36-29-22)6-7-34-23(32)10-26/h2-5,8,11,17-18H,6-7,9-10,12-13,26H2,1H3,(H,27,31)/t17?,18-/m0/s1. The van der Waals surface area contributed by atoms with Gasteiger partial charge in [-0.2, -0.15) is 0 Å². The van der Waals surface area contributed by atoms with Gasteiger partial charge in [-0.3, -0.25) is 19.5 Å². The quantitative estimate of drug-likeness (QED) is 0.496. The average Bonchev–Trinajstić information content (AvgIpc) is 3.49. The number of aromatic nitrogens is 1. The Hall–Kier alpha value is -4.06. The molecule has 11 nitrogen and oxygen atoms in total. The molecule has 0 bridgehead atoms. The molecule has 0 aliphatic carbocycles. The van der Waals surface area contributed by atoms with Gasteiger partial charge in [0.25, 0.3) is 0 Å². The van der Waals surface area contributed by atoms with E-state index < -0.39 is 24.0 Å². The van der Waals surface area contributed by atoms with Crippen molar-refractivity contribution in [3.63, 3.8) is 0 Å². The summed E-state index contributed by atoms with van der Waals surface area (Å²) in [6.45, 7) is 1.79. The summed E-state index contributed by atoms with van der Waals surface area (Å²) in [5.41, 5.74) is 7.68. The van der Waals surface area contributed by atoms with Gasteiger partial charge in [0, 0.05) is 37.1 Å². The number of ether oxygens (including phenoxy) is 2. The van der Waals surface area contributed by atoms with Crippen molar-refractivity contribution in [2.24, 2.45) is 10.9 Å². The van der Waals surface area contributed by atoms with E-state index in [1.54, 1.807) is 30.5 Å². The number of amides is 2. The molecule has 1 fully saturated rings. The normalized spacial score (nSPS) is 18.9. The lowest BCUT2D eigenvalue weighted by Crippen LogP contribution is -2.33. The molecule has 36 heavy (non-hydrogen) atoms. The summed E-state index contributed by atoms with van der Waals surface area (Å²) >= 11 is 0. The summed E-state index contributed by atoms with van der Waals surface area (Å²) in [5.74, 6) is -1.22. The predicted octanol–water partition coefficient (Wildman–Crippen LogP) is 1.73. The van der Waals surface area contributed by atoms with Crippen molar-refractivity contribution in [1.82, 2.24) is 10.3 Å². The number of nitrogens with two attached hydrogens (primary N) is 1. The molecular formula is C24H26FN5O6. The molecule has 0 radical (unpaired) electrons. The molecule has 4 rings (SSSR count). The summed E-state index contributed by atoms with van der Waals surface area (Å²) in [4.78, 5) is 45.5. The maximum atomic E-state index is 15.0. The third-order valence-corrected chi connectivity index (χ3v) is 5.69. The lowest BCUT2D eigenvalue weighted by molar-refractivity contribution is -0.142. The van der Waals surface area contributed by atoms with Crippen molar-refractivity contribution in [2.45, 2.75) is 32.0 Å². The van der Waals surface area contributed by atoms with E-state index in [4.69, 9.17) is 20.0 Å². The molecule has 1 unspecified atom stereocenters. The number of oxime groups is 1. The number of nitrogens with one attached hydrogen (secondary N) is 1. The molecule has 1 aromatic heterocycles. The molecule has 1 saturated heterocycles. The van der Waals surface area contributed by atoms with Crippen molar-refractivity contribution in [3.05, 3.63) is 48.0 Å². The summed E-state index contributed by atoms with van der Waals surface area (Å²) in [7, 11) is 0. The van der Waals surface area contributed by atoms with Gasteiger partial charge in [-0.25, -0.2) is 9.18 Å². The lowest BCUT2D eigenvalue weighted by Gasteiger charge is -2.14. The molecule has 190 valence electrons. The van der Waals surface area contributed by atoms with E-state index in [0.717, 1.165) is 0 Å². The SMILES string of the molecule is CC(=O)NC[C@H]1CN(c2ccc(-c3ccc(C4=NOC(CCOC(=O)CN)C4)nc3)c(F)c2)C(=O)O1. The molecular weight excluding hydrogens is 473 g/mol. The van der Waals surface area contributed by atoms with Crippen molar-refractivity contribution in [2.75, 3.05) is 31.1 Å². The average molecular weight is 499 g/mol. The third-order valence-electron chi connectivity index (χ3n) is 5.69. The van der Waals surface area contributed by atoms with E-state index in [1.807, 2.05) is 0 Å². The van der Waals surface area contributed by atoms with Crippen molar-refractivity contribution >= 4 is 29.4 Å². The first-order valence-electron chi connectivity index (χ1n) is 11.4. The Balaban J connectivity index is 1.36. The number of hydrogen-bond donors (Lipinski definition) is 2. The fourth-order valence-corrected chi connectivity index (χ4v) is 3.82. The van der Waals surface area contributed by atoms with E-state index in [1.165, 1.54) is 17.9 Å². The molecule has 2 aliphatic rings. The number of carbonyl (C=O) groups excluding carboxylic acids is 3. The highest BCUT2D eigenvalue weighted by Gasteiger charge is 2.32. The summed E-state index contributed by atoms with van der Waals surface area (Å²) in [5, 5.41) is 6.66. The van der Waals surface area contributed by atoms with Crippen LogP contribution in [0, 0.1) is 5.82 Å². The van der Waals surface area contributed by atoms with Crippen LogP contribution in [0.2, 0.25) is 0 Å². The van der Waals surface area contributed by atoms with Gasteiger partial charge in [0.2, 0.25) is 5.91 Å². The predicted molar refractivity (Wildman–Crippen MR) is 127 cm³/mol. The van der Waals surface area contributed by atoms with E-state index in [-0.39, 0.29) is 38.3 Å². The van der Waals surface area contributed by atoms with E-state index in [2.05, 4.69) is 15.5 Å². The highest BCUT2D eigenvalue weighted by Crippen LogP contribution is 2.29. The molecule has 0 saturated carbocycles. The van der Waals surface area contributed by atoms with Gasteiger partial charge in [-0.15, -0.1) is 0 Å². The first-order valence-corrected chi connectivity index (χ1v) is 11.4. The number of anilines is 1. The zero-order chi connectivity index (χ0) is 25.7. The van der Waals surface area contributed by atoms with Gasteiger partial charge in [0.05, 0.1) is 37.6 Å². The summed E-state index contributed by atoms with van der Waals surface area (Å²) in [6, 6.07) is 7.93. The van der Waals surface area contributed by atoms with Crippen LogP contribution in [0.1, 0.15) is 25.5 Å². The van der Waals surface area contributed by atoms with Gasteiger partial charge in [-0.1, -0.05) is 11.2 Å². The van der Waals surface area contributed by atoms with E-state index in [0.29, 0.717) is 41.1 Å². The van der Waals surface area contributed by atoms with Crippen LogP contribution in [0.5, 0.6) is 0 Å². The minimum absolute atomic E-state index is 0.169. The van der Waals surface area contributed by atoms with Crippen molar-refractivity contribution in [1.29, 1.82) is 0 Å². The lowest BCUT2D eigenvalue weighted by atomic mass is 10.0. The maximum absolute atomic E-state index is 15.0. The molecule has 12 heteroatoms. The number of pyridine rings is 1. The molecule has 2 amide bonds. The fourth-order valence-electron chi connectivity index (χ4n) is 3.82. The number of cyclic esters (lactones) is 1. The van der Waals surface area contributed by atoms with Crippen molar-refractivity contribution < 1.29 is 33.1 Å². The smallest absolute Gasteiger partial charge is 0.414 e. The number of rotatable bonds is 9. The number of benzene rings is 1. The Labute approximate surface area is 206 Å². The molecule has 2 aliphatic heterocycles. The maximum Gasteiger partial charge on any atom is 0.414 e. The number of carbonyl (C=O) groups is 3. The van der Waals surface area contributed by atoms with Gasteiger partial charge in [0.15, 0.2) is 0 Å². The first-order chi connectivity index (χ1) is 17.3.